The predicted octanol–water partition coefficient (Wildman–Crippen LogP) is 3.27. The summed E-state index contributed by atoms with van der Waals surface area (Å²) in [6.45, 7) is 0.0641. The Labute approximate surface area is 189 Å². The SMILES string of the molecule is O=C(COC(=O)[C@H]1CC(=O)N(Cc2ccco2)C1)c1ccc(OC(=O)c2ccccc2)cc1. The number of esters is 2. The zero-order chi connectivity index (χ0) is 23.2. The van der Waals surface area contributed by atoms with Crippen molar-refractivity contribution in [2.75, 3.05) is 13.2 Å². The number of likely N-dealkylation sites (tertiary alicyclic amines) is 1. The van der Waals surface area contributed by atoms with Crippen molar-refractivity contribution < 1.29 is 33.1 Å². The molecule has 2 aromatic carbocycles. The number of rotatable bonds is 8. The van der Waals surface area contributed by atoms with Crippen LogP contribution in [0.3, 0.4) is 0 Å². The van der Waals surface area contributed by atoms with Crippen LogP contribution >= 0.6 is 0 Å². The van der Waals surface area contributed by atoms with Gasteiger partial charge in [0.2, 0.25) is 5.91 Å². The van der Waals surface area contributed by atoms with Crippen LogP contribution in [0.2, 0.25) is 0 Å². The standard InChI is InChI=1S/C25H21NO7/c27-22(17-8-10-20(11-9-17)33-25(30)18-5-2-1-3-6-18)16-32-24(29)19-13-23(28)26(14-19)15-21-7-4-12-31-21/h1-12,19H,13-16H2/t19-/m0/s1. The highest BCUT2D eigenvalue weighted by atomic mass is 16.5. The van der Waals surface area contributed by atoms with Gasteiger partial charge in [-0.2, -0.15) is 0 Å². The molecule has 1 aliphatic rings. The van der Waals surface area contributed by atoms with Gasteiger partial charge in [-0.05, 0) is 48.5 Å². The summed E-state index contributed by atoms with van der Waals surface area (Å²) in [7, 11) is 0. The highest BCUT2D eigenvalue weighted by molar-refractivity contribution is 5.98. The summed E-state index contributed by atoms with van der Waals surface area (Å²) in [6.07, 6.45) is 1.56. The van der Waals surface area contributed by atoms with E-state index in [2.05, 4.69) is 0 Å². The lowest BCUT2D eigenvalue weighted by Crippen LogP contribution is -2.27. The third-order valence-corrected chi connectivity index (χ3v) is 5.22. The topological polar surface area (TPSA) is 103 Å². The fourth-order valence-corrected chi connectivity index (χ4v) is 3.46. The van der Waals surface area contributed by atoms with Crippen molar-refractivity contribution in [2.24, 2.45) is 5.92 Å². The molecule has 0 spiro atoms. The molecule has 8 heteroatoms. The Morgan fingerprint density at radius 3 is 2.39 bits per heavy atom. The molecule has 4 rings (SSSR count). The molecule has 8 nitrogen and oxygen atoms in total. The summed E-state index contributed by atoms with van der Waals surface area (Å²) in [4.78, 5) is 50.5. The van der Waals surface area contributed by atoms with Gasteiger partial charge in [0.05, 0.1) is 24.3 Å². The van der Waals surface area contributed by atoms with Crippen LogP contribution in [0.4, 0.5) is 0 Å². The molecule has 1 aliphatic heterocycles. The number of ether oxygens (including phenoxy) is 2. The predicted molar refractivity (Wildman–Crippen MR) is 115 cm³/mol. The van der Waals surface area contributed by atoms with Crippen molar-refractivity contribution in [1.82, 2.24) is 4.90 Å². The van der Waals surface area contributed by atoms with Gasteiger partial charge in [-0.1, -0.05) is 18.2 Å². The van der Waals surface area contributed by atoms with Gasteiger partial charge in [0.1, 0.15) is 11.5 Å². The summed E-state index contributed by atoms with van der Waals surface area (Å²) in [5.74, 6) is -1.37. The molecule has 0 unspecified atom stereocenters. The number of Topliss-reactive ketones (excluding diaryl/α,β-unsaturated/α-hetero) is 1. The van der Waals surface area contributed by atoms with Gasteiger partial charge in [-0.3, -0.25) is 14.4 Å². The number of hydrogen-bond donors (Lipinski definition) is 0. The molecule has 0 aliphatic carbocycles. The molecule has 1 fully saturated rings. The lowest BCUT2D eigenvalue weighted by molar-refractivity contribution is -0.147. The Kier molecular flexibility index (Phi) is 6.64. The molecule has 0 radical (unpaired) electrons. The third kappa shape index (κ3) is 5.54. The van der Waals surface area contributed by atoms with Gasteiger partial charge in [-0.15, -0.1) is 0 Å². The molecular formula is C25H21NO7. The van der Waals surface area contributed by atoms with Gasteiger partial charge in [-0.25, -0.2) is 4.79 Å². The van der Waals surface area contributed by atoms with Crippen LogP contribution in [0.15, 0.2) is 77.4 Å². The Morgan fingerprint density at radius 1 is 0.939 bits per heavy atom. The van der Waals surface area contributed by atoms with Gasteiger partial charge >= 0.3 is 11.9 Å². The Hall–Kier alpha value is -4.20. The van der Waals surface area contributed by atoms with Crippen molar-refractivity contribution in [3.8, 4) is 5.75 Å². The lowest BCUT2D eigenvalue weighted by atomic mass is 10.1. The molecular weight excluding hydrogens is 426 g/mol. The highest BCUT2D eigenvalue weighted by Crippen LogP contribution is 2.22. The summed E-state index contributed by atoms with van der Waals surface area (Å²) >= 11 is 0. The molecule has 1 amide bonds. The number of hydrogen-bond acceptors (Lipinski definition) is 7. The largest absolute Gasteiger partial charge is 0.467 e. The Balaban J connectivity index is 1.26. The maximum absolute atomic E-state index is 12.4. The first-order valence-corrected chi connectivity index (χ1v) is 10.4. The van der Waals surface area contributed by atoms with Gasteiger partial charge < -0.3 is 18.8 Å². The first-order chi connectivity index (χ1) is 16.0. The van der Waals surface area contributed by atoms with Crippen LogP contribution in [-0.2, 0) is 20.9 Å². The number of furan rings is 1. The zero-order valence-corrected chi connectivity index (χ0v) is 17.6. The average Bonchev–Trinajstić information content (AvgIpc) is 3.48. The molecule has 0 bridgehead atoms. The number of amides is 1. The van der Waals surface area contributed by atoms with Crippen LogP contribution in [0.25, 0.3) is 0 Å². The van der Waals surface area contributed by atoms with Gasteiger partial charge in [0.25, 0.3) is 0 Å². The van der Waals surface area contributed by atoms with E-state index in [1.807, 2.05) is 0 Å². The highest BCUT2D eigenvalue weighted by Gasteiger charge is 2.35. The van der Waals surface area contributed by atoms with Crippen molar-refractivity contribution >= 4 is 23.6 Å². The van der Waals surface area contributed by atoms with Crippen LogP contribution in [0.5, 0.6) is 5.75 Å². The van der Waals surface area contributed by atoms with E-state index in [0.717, 1.165) is 0 Å². The summed E-state index contributed by atoms with van der Waals surface area (Å²) in [5, 5.41) is 0. The van der Waals surface area contributed by atoms with E-state index in [4.69, 9.17) is 13.9 Å². The maximum atomic E-state index is 12.4. The molecule has 0 N–H and O–H groups in total. The maximum Gasteiger partial charge on any atom is 0.343 e. The Morgan fingerprint density at radius 2 is 1.70 bits per heavy atom. The first kappa shape index (κ1) is 22.0. The zero-order valence-electron chi connectivity index (χ0n) is 17.6. The number of nitrogens with zero attached hydrogens (tertiary/aromatic N) is 1. The molecule has 1 atom stereocenters. The van der Waals surface area contributed by atoms with Crippen LogP contribution in [-0.4, -0.2) is 41.7 Å². The Bertz CT molecular complexity index is 1140. The minimum absolute atomic E-state index is 0.0369. The molecule has 33 heavy (non-hydrogen) atoms. The van der Waals surface area contributed by atoms with Crippen molar-refractivity contribution in [3.63, 3.8) is 0 Å². The molecule has 1 aromatic heterocycles. The number of ketones is 1. The van der Waals surface area contributed by atoms with E-state index >= 15 is 0 Å². The van der Waals surface area contributed by atoms with E-state index in [1.165, 1.54) is 35.4 Å². The fourth-order valence-electron chi connectivity index (χ4n) is 3.46. The average molecular weight is 447 g/mol. The van der Waals surface area contributed by atoms with E-state index in [-0.39, 0.29) is 25.4 Å². The minimum Gasteiger partial charge on any atom is -0.467 e. The minimum atomic E-state index is -0.625. The summed E-state index contributed by atoms with van der Waals surface area (Å²) in [5.41, 5.74) is 0.724. The second-order valence-electron chi connectivity index (χ2n) is 7.57. The second-order valence-corrected chi connectivity index (χ2v) is 7.57. The van der Waals surface area contributed by atoms with Crippen molar-refractivity contribution in [2.45, 2.75) is 13.0 Å². The number of benzene rings is 2. The van der Waals surface area contributed by atoms with E-state index in [0.29, 0.717) is 22.6 Å². The van der Waals surface area contributed by atoms with Crippen LogP contribution < -0.4 is 4.74 Å². The fraction of sp³-hybridized carbons (Fsp3) is 0.200. The van der Waals surface area contributed by atoms with E-state index < -0.39 is 30.2 Å². The number of carbonyl (C=O) groups excluding carboxylic acids is 4. The summed E-state index contributed by atoms with van der Waals surface area (Å²) in [6, 6.07) is 18.0. The van der Waals surface area contributed by atoms with E-state index in [1.54, 1.807) is 42.5 Å². The molecule has 3 aromatic rings. The smallest absolute Gasteiger partial charge is 0.343 e. The quantitative estimate of drug-likeness (QED) is 0.297. The van der Waals surface area contributed by atoms with Crippen LogP contribution in [0.1, 0.15) is 32.9 Å². The van der Waals surface area contributed by atoms with Crippen molar-refractivity contribution in [3.05, 3.63) is 89.9 Å². The summed E-state index contributed by atoms with van der Waals surface area (Å²) < 4.78 is 15.7. The van der Waals surface area contributed by atoms with Gasteiger partial charge in [0.15, 0.2) is 12.4 Å². The second kappa shape index (κ2) is 9.95. The van der Waals surface area contributed by atoms with E-state index in [9.17, 15) is 19.2 Å². The third-order valence-electron chi connectivity index (χ3n) is 5.22. The monoisotopic (exact) mass is 447 g/mol. The number of carbonyl (C=O) groups is 4. The lowest BCUT2D eigenvalue weighted by Gasteiger charge is -2.14. The molecule has 0 saturated carbocycles. The molecule has 1 saturated heterocycles. The molecule has 168 valence electrons. The van der Waals surface area contributed by atoms with Crippen LogP contribution in [0, 0.1) is 5.92 Å². The first-order valence-electron chi connectivity index (χ1n) is 10.4. The molecule has 2 heterocycles. The normalized spacial score (nSPS) is 15.3. The van der Waals surface area contributed by atoms with Crippen molar-refractivity contribution in [1.29, 1.82) is 0 Å². The van der Waals surface area contributed by atoms with Gasteiger partial charge in [0, 0.05) is 18.5 Å².